The number of hydrogen-bond donors (Lipinski definition) is 2. The zero-order valence-corrected chi connectivity index (χ0v) is 11.9. The van der Waals surface area contributed by atoms with Crippen molar-refractivity contribution in [2.45, 2.75) is 6.92 Å². The van der Waals surface area contributed by atoms with E-state index >= 15 is 0 Å². The average molecular weight is 319 g/mol. The van der Waals surface area contributed by atoms with Crippen molar-refractivity contribution in [1.82, 2.24) is 5.32 Å². The van der Waals surface area contributed by atoms with Crippen LogP contribution in [0.4, 0.5) is 5.69 Å². The van der Waals surface area contributed by atoms with Crippen molar-refractivity contribution in [2.24, 2.45) is 0 Å². The summed E-state index contributed by atoms with van der Waals surface area (Å²) >= 11 is 3.28. The van der Waals surface area contributed by atoms with Gasteiger partial charge in [0, 0.05) is 44.6 Å². The molecule has 0 fully saturated rings. The van der Waals surface area contributed by atoms with Gasteiger partial charge < -0.3 is 11.1 Å². The van der Waals surface area contributed by atoms with Gasteiger partial charge in [0.1, 0.15) is 0 Å². The molecule has 1 atom stereocenters. The van der Waals surface area contributed by atoms with Crippen LogP contribution in [0, 0.1) is 0 Å². The lowest BCUT2D eigenvalue weighted by molar-refractivity contribution is 0.0956. The molecule has 0 aromatic heterocycles. The van der Waals surface area contributed by atoms with Crippen LogP contribution in [0.25, 0.3) is 0 Å². The quantitative estimate of drug-likeness (QED) is 0.809. The first-order chi connectivity index (χ1) is 8.02. The van der Waals surface area contributed by atoms with Gasteiger partial charge in [-0.05, 0) is 18.2 Å². The molecule has 0 aliphatic heterocycles. The molecule has 1 unspecified atom stereocenters. The van der Waals surface area contributed by atoms with Gasteiger partial charge in [0.05, 0.1) is 0 Å². The molecular formula is C11H15BrN2O2S. The number of anilines is 1. The van der Waals surface area contributed by atoms with E-state index < -0.39 is 10.8 Å². The van der Waals surface area contributed by atoms with Crippen molar-refractivity contribution in [2.75, 3.05) is 23.8 Å². The monoisotopic (exact) mass is 318 g/mol. The molecule has 0 saturated carbocycles. The van der Waals surface area contributed by atoms with Crippen molar-refractivity contribution >= 4 is 38.3 Å². The van der Waals surface area contributed by atoms with E-state index in [1.165, 1.54) is 0 Å². The lowest BCUT2D eigenvalue weighted by atomic mass is 10.2. The highest BCUT2D eigenvalue weighted by Gasteiger charge is 2.07. The maximum Gasteiger partial charge on any atom is 0.251 e. The molecule has 0 heterocycles. The lowest BCUT2D eigenvalue weighted by Gasteiger charge is -2.06. The molecular weight excluding hydrogens is 304 g/mol. The van der Waals surface area contributed by atoms with E-state index in [9.17, 15) is 9.00 Å². The van der Waals surface area contributed by atoms with Gasteiger partial charge in [-0.3, -0.25) is 9.00 Å². The summed E-state index contributed by atoms with van der Waals surface area (Å²) in [7, 11) is -0.857. The van der Waals surface area contributed by atoms with E-state index in [1.807, 2.05) is 6.92 Å². The van der Waals surface area contributed by atoms with E-state index in [0.29, 0.717) is 29.3 Å². The minimum absolute atomic E-state index is 0.203. The number of nitrogens with one attached hydrogen (secondary N) is 1. The largest absolute Gasteiger partial charge is 0.399 e. The Kier molecular flexibility index (Phi) is 5.64. The smallest absolute Gasteiger partial charge is 0.251 e. The third kappa shape index (κ3) is 4.87. The van der Waals surface area contributed by atoms with E-state index in [1.54, 1.807) is 18.2 Å². The van der Waals surface area contributed by atoms with Crippen LogP contribution < -0.4 is 11.1 Å². The summed E-state index contributed by atoms with van der Waals surface area (Å²) in [6, 6.07) is 5.03. The van der Waals surface area contributed by atoms with E-state index in [2.05, 4.69) is 21.2 Å². The lowest BCUT2D eigenvalue weighted by Crippen LogP contribution is -2.28. The predicted octanol–water partition coefficient (Wildman–Crippen LogP) is 1.53. The summed E-state index contributed by atoms with van der Waals surface area (Å²) in [5, 5.41) is 2.71. The van der Waals surface area contributed by atoms with Gasteiger partial charge in [-0.15, -0.1) is 0 Å². The highest BCUT2D eigenvalue weighted by Crippen LogP contribution is 2.17. The summed E-state index contributed by atoms with van der Waals surface area (Å²) in [6.45, 7) is 2.26. The molecule has 6 heteroatoms. The number of hydrogen-bond acceptors (Lipinski definition) is 3. The highest BCUT2D eigenvalue weighted by molar-refractivity contribution is 9.10. The van der Waals surface area contributed by atoms with E-state index in [-0.39, 0.29) is 5.91 Å². The van der Waals surface area contributed by atoms with E-state index in [0.717, 1.165) is 4.47 Å². The standard InChI is InChI=1S/C11H15BrN2O2S/c1-2-17(16)4-3-14-11(15)8-5-9(12)7-10(13)6-8/h5-7H,2-4,13H2,1H3,(H,14,15). The van der Waals surface area contributed by atoms with Crippen molar-refractivity contribution < 1.29 is 9.00 Å². The van der Waals surface area contributed by atoms with Crippen LogP contribution in [0.2, 0.25) is 0 Å². The Morgan fingerprint density at radius 2 is 2.18 bits per heavy atom. The predicted molar refractivity (Wildman–Crippen MR) is 74.4 cm³/mol. The number of nitrogen functional groups attached to an aromatic ring is 1. The van der Waals surface area contributed by atoms with Crippen LogP contribution in [0.1, 0.15) is 17.3 Å². The molecule has 0 aliphatic rings. The molecule has 0 bridgehead atoms. The summed E-state index contributed by atoms with van der Waals surface area (Å²) in [6.07, 6.45) is 0. The molecule has 1 aromatic rings. The average Bonchev–Trinajstić information content (AvgIpc) is 2.27. The van der Waals surface area contributed by atoms with Crippen LogP contribution in [0.3, 0.4) is 0 Å². The Morgan fingerprint density at radius 3 is 2.76 bits per heavy atom. The van der Waals surface area contributed by atoms with Crippen molar-refractivity contribution in [1.29, 1.82) is 0 Å². The number of carbonyl (C=O) groups is 1. The third-order valence-corrected chi connectivity index (χ3v) is 3.88. The van der Waals surface area contributed by atoms with Gasteiger partial charge in [0.2, 0.25) is 0 Å². The molecule has 0 saturated heterocycles. The molecule has 0 spiro atoms. The Bertz CT molecular complexity index is 417. The first-order valence-corrected chi connectivity index (χ1v) is 7.50. The number of halogens is 1. The van der Waals surface area contributed by atoms with Crippen LogP contribution in [0.5, 0.6) is 0 Å². The number of amides is 1. The normalized spacial score (nSPS) is 12.1. The van der Waals surface area contributed by atoms with Crippen molar-refractivity contribution in [3.05, 3.63) is 28.2 Å². The molecule has 0 aliphatic carbocycles. The summed E-state index contributed by atoms with van der Waals surface area (Å²) in [5.41, 5.74) is 6.67. The van der Waals surface area contributed by atoms with E-state index in [4.69, 9.17) is 5.73 Å². The van der Waals surface area contributed by atoms with Crippen LogP contribution in [0.15, 0.2) is 22.7 Å². The van der Waals surface area contributed by atoms with Gasteiger partial charge in [-0.25, -0.2) is 0 Å². The number of rotatable bonds is 5. The second-order valence-corrected chi connectivity index (χ2v) is 6.24. The third-order valence-electron chi connectivity index (χ3n) is 2.12. The number of nitrogens with two attached hydrogens (primary N) is 1. The fraction of sp³-hybridized carbons (Fsp3) is 0.364. The molecule has 4 nitrogen and oxygen atoms in total. The first kappa shape index (κ1) is 14.2. The van der Waals surface area contributed by atoms with Crippen LogP contribution in [-0.4, -0.2) is 28.2 Å². The molecule has 3 N–H and O–H groups in total. The van der Waals surface area contributed by atoms with Gasteiger partial charge in [0.25, 0.3) is 5.91 Å². The Hall–Kier alpha value is -0.880. The maximum atomic E-state index is 11.7. The Morgan fingerprint density at radius 1 is 1.47 bits per heavy atom. The fourth-order valence-corrected chi connectivity index (χ4v) is 2.40. The Balaban J connectivity index is 2.55. The summed E-state index contributed by atoms with van der Waals surface area (Å²) < 4.78 is 11.9. The minimum atomic E-state index is -0.857. The molecule has 17 heavy (non-hydrogen) atoms. The SMILES string of the molecule is CCS(=O)CCNC(=O)c1cc(N)cc(Br)c1. The highest BCUT2D eigenvalue weighted by atomic mass is 79.9. The zero-order valence-electron chi connectivity index (χ0n) is 9.53. The summed E-state index contributed by atoms with van der Waals surface area (Å²) in [4.78, 5) is 11.7. The first-order valence-electron chi connectivity index (χ1n) is 5.22. The van der Waals surface area contributed by atoms with Gasteiger partial charge >= 0.3 is 0 Å². The molecule has 0 radical (unpaired) electrons. The van der Waals surface area contributed by atoms with Crippen molar-refractivity contribution in [3.8, 4) is 0 Å². The molecule has 1 rings (SSSR count). The topological polar surface area (TPSA) is 72.2 Å². The van der Waals surface area contributed by atoms with Gasteiger partial charge in [0.15, 0.2) is 0 Å². The van der Waals surface area contributed by atoms with Gasteiger partial charge in [-0.2, -0.15) is 0 Å². The summed E-state index contributed by atoms with van der Waals surface area (Å²) in [5.74, 6) is 0.886. The zero-order chi connectivity index (χ0) is 12.8. The van der Waals surface area contributed by atoms with Crippen LogP contribution in [-0.2, 0) is 10.8 Å². The second-order valence-electron chi connectivity index (χ2n) is 3.46. The molecule has 1 aromatic carbocycles. The van der Waals surface area contributed by atoms with Crippen LogP contribution >= 0.6 is 15.9 Å². The molecule has 1 amide bonds. The minimum Gasteiger partial charge on any atom is -0.399 e. The Labute approximate surface area is 112 Å². The number of carbonyl (C=O) groups excluding carboxylic acids is 1. The van der Waals surface area contributed by atoms with Crippen molar-refractivity contribution in [3.63, 3.8) is 0 Å². The van der Waals surface area contributed by atoms with Gasteiger partial charge in [-0.1, -0.05) is 22.9 Å². The second kappa shape index (κ2) is 6.76. The fourth-order valence-electron chi connectivity index (χ4n) is 1.27. The maximum absolute atomic E-state index is 11.7. The number of benzene rings is 1. The molecule has 94 valence electrons.